The van der Waals surface area contributed by atoms with Gasteiger partial charge in [-0.1, -0.05) is 23.4 Å². The van der Waals surface area contributed by atoms with Crippen molar-refractivity contribution in [2.24, 2.45) is 0 Å². The maximum atomic E-state index is 14.1. The zero-order valence-electron chi connectivity index (χ0n) is 15.8. The van der Waals surface area contributed by atoms with Gasteiger partial charge in [0.25, 0.3) is 0 Å². The summed E-state index contributed by atoms with van der Waals surface area (Å²) in [7, 11) is 0. The molecule has 0 bridgehead atoms. The number of hydrogen-bond donors (Lipinski definition) is 2. The Hall–Kier alpha value is -3.66. The van der Waals surface area contributed by atoms with Gasteiger partial charge in [-0.2, -0.15) is 0 Å². The van der Waals surface area contributed by atoms with Crippen molar-refractivity contribution in [2.75, 3.05) is 18.2 Å². The second-order valence-corrected chi connectivity index (χ2v) is 6.46. The van der Waals surface area contributed by atoms with Gasteiger partial charge in [-0.15, -0.1) is 0 Å². The van der Waals surface area contributed by atoms with Crippen LogP contribution < -0.4 is 10.4 Å². The van der Waals surface area contributed by atoms with Gasteiger partial charge in [0.15, 0.2) is 17.5 Å². The average molecular weight is 412 g/mol. The molecule has 1 aliphatic rings. The zero-order valence-corrected chi connectivity index (χ0v) is 15.8. The first kappa shape index (κ1) is 19.6. The molecule has 3 heterocycles. The molecule has 1 saturated heterocycles. The van der Waals surface area contributed by atoms with Crippen LogP contribution in [0.15, 0.2) is 53.4 Å². The van der Waals surface area contributed by atoms with Gasteiger partial charge in [-0.25, -0.2) is 23.8 Å². The van der Waals surface area contributed by atoms with E-state index in [1.165, 1.54) is 23.5 Å². The van der Waals surface area contributed by atoms with Crippen LogP contribution in [0.5, 0.6) is 0 Å². The van der Waals surface area contributed by atoms with Crippen molar-refractivity contribution in [3.63, 3.8) is 0 Å². The van der Waals surface area contributed by atoms with Crippen LogP contribution in [0.2, 0.25) is 0 Å². The highest BCUT2D eigenvalue weighted by atomic mass is 19.1. The number of nitrogens with zero attached hydrogens (tertiary/aromatic N) is 4. The number of halogens is 2. The van der Waals surface area contributed by atoms with Crippen LogP contribution in [0.25, 0.3) is 5.70 Å². The monoisotopic (exact) mass is 412 g/mol. The summed E-state index contributed by atoms with van der Waals surface area (Å²) in [5, 5.41) is 16.6. The summed E-state index contributed by atoms with van der Waals surface area (Å²) in [4.78, 5) is 13.4. The van der Waals surface area contributed by atoms with E-state index in [4.69, 9.17) is 14.8 Å². The van der Waals surface area contributed by atoms with Gasteiger partial charge in [-0.3, -0.25) is 10.2 Å². The van der Waals surface area contributed by atoms with Gasteiger partial charge in [0.05, 0.1) is 18.5 Å². The Morgan fingerprint density at radius 2 is 2.10 bits per heavy atom. The van der Waals surface area contributed by atoms with Crippen LogP contribution in [-0.2, 0) is 11.4 Å². The van der Waals surface area contributed by atoms with Crippen molar-refractivity contribution in [1.82, 2.24) is 20.4 Å². The second-order valence-electron chi connectivity index (χ2n) is 6.46. The molecule has 0 unspecified atom stereocenters. The minimum atomic E-state index is -0.633. The number of allylic oxidation sites excluding steroid dienone is 1. The maximum absolute atomic E-state index is 14.1. The Kier molecular flexibility index (Phi) is 5.75. The van der Waals surface area contributed by atoms with Crippen molar-refractivity contribution in [3.05, 3.63) is 77.6 Å². The summed E-state index contributed by atoms with van der Waals surface area (Å²) in [5.41, 5.74) is 1.18. The molecule has 0 atom stereocenters. The van der Waals surface area contributed by atoms with E-state index in [-0.39, 0.29) is 29.7 Å². The quantitative estimate of drug-likeness (QED) is 0.575. The molecule has 154 valence electrons. The van der Waals surface area contributed by atoms with E-state index >= 15 is 0 Å². The second kappa shape index (κ2) is 8.78. The Balaban J connectivity index is 1.59. The molecule has 8 nitrogen and oxygen atoms in total. The molecule has 3 aromatic rings. The molecule has 2 N–H and O–H groups in total. The lowest BCUT2D eigenvalue weighted by atomic mass is 10.2. The molecule has 0 saturated carbocycles. The standard InChI is InChI=1S/C20H18F2N6O2/c21-14-5-2-1-4-13(14)11-24-18(17-6-9-29-27-17)10-16(23)19-25-12-15(22)20(26-19)28-7-3-8-30-28/h1-2,4-6,9-10,12,23-24H,3,7-8,11H2/b18-10-,23-16?. The topological polar surface area (TPSA) is 100 Å². The van der Waals surface area contributed by atoms with Crippen molar-refractivity contribution < 1.29 is 18.1 Å². The smallest absolute Gasteiger partial charge is 0.192 e. The molecule has 0 spiro atoms. The molecule has 0 radical (unpaired) electrons. The van der Waals surface area contributed by atoms with Crippen molar-refractivity contribution >= 4 is 17.2 Å². The van der Waals surface area contributed by atoms with Crippen LogP contribution in [0.4, 0.5) is 14.6 Å². The van der Waals surface area contributed by atoms with Crippen LogP contribution in [0.3, 0.4) is 0 Å². The minimum Gasteiger partial charge on any atom is -0.379 e. The fraction of sp³-hybridized carbons (Fsp3) is 0.200. The molecule has 30 heavy (non-hydrogen) atoms. The number of benzene rings is 1. The SMILES string of the molecule is N=C(/C=C(\NCc1ccccc1F)c1ccon1)c1ncc(F)c(N2CCCO2)n1. The van der Waals surface area contributed by atoms with E-state index in [1.807, 2.05) is 0 Å². The Bertz CT molecular complexity index is 1060. The first-order valence-corrected chi connectivity index (χ1v) is 9.23. The fourth-order valence-corrected chi connectivity index (χ4v) is 2.89. The van der Waals surface area contributed by atoms with E-state index in [2.05, 4.69) is 20.4 Å². The van der Waals surface area contributed by atoms with Gasteiger partial charge >= 0.3 is 0 Å². The Morgan fingerprint density at radius 3 is 2.83 bits per heavy atom. The van der Waals surface area contributed by atoms with Crippen LogP contribution in [-0.4, -0.2) is 34.0 Å². The Labute approximate surface area is 170 Å². The third-order valence-corrected chi connectivity index (χ3v) is 4.38. The van der Waals surface area contributed by atoms with E-state index in [0.29, 0.717) is 30.1 Å². The zero-order chi connectivity index (χ0) is 20.9. The molecule has 1 aliphatic heterocycles. The molecule has 1 aromatic carbocycles. The van der Waals surface area contributed by atoms with E-state index in [1.54, 1.807) is 24.3 Å². The van der Waals surface area contributed by atoms with Crippen LogP contribution in [0, 0.1) is 17.0 Å². The van der Waals surface area contributed by atoms with Gasteiger partial charge in [-0.05, 0) is 18.6 Å². The summed E-state index contributed by atoms with van der Waals surface area (Å²) in [5.74, 6) is -0.989. The van der Waals surface area contributed by atoms with Crippen molar-refractivity contribution in [1.29, 1.82) is 5.41 Å². The van der Waals surface area contributed by atoms with Crippen LogP contribution in [0.1, 0.15) is 23.5 Å². The molecule has 2 aromatic heterocycles. The van der Waals surface area contributed by atoms with E-state index < -0.39 is 5.82 Å². The number of anilines is 1. The number of aromatic nitrogens is 3. The molecule has 4 rings (SSSR count). The third-order valence-electron chi connectivity index (χ3n) is 4.38. The predicted molar refractivity (Wildman–Crippen MR) is 104 cm³/mol. The van der Waals surface area contributed by atoms with Gasteiger partial charge in [0.2, 0.25) is 0 Å². The number of rotatable bonds is 7. The first-order chi connectivity index (χ1) is 14.6. The van der Waals surface area contributed by atoms with E-state index in [0.717, 1.165) is 12.6 Å². The molecule has 10 heteroatoms. The molecule has 0 amide bonds. The average Bonchev–Trinajstić information content (AvgIpc) is 3.46. The number of hydrogen-bond acceptors (Lipinski definition) is 8. The summed E-state index contributed by atoms with van der Waals surface area (Å²) in [6.07, 6.45) is 4.58. The number of nitrogens with one attached hydrogen (secondary N) is 2. The van der Waals surface area contributed by atoms with Crippen LogP contribution >= 0.6 is 0 Å². The van der Waals surface area contributed by atoms with E-state index in [9.17, 15) is 8.78 Å². The molecule has 0 aliphatic carbocycles. The highest BCUT2D eigenvalue weighted by Crippen LogP contribution is 2.20. The lowest BCUT2D eigenvalue weighted by Gasteiger charge is -2.16. The summed E-state index contributed by atoms with van der Waals surface area (Å²) < 4.78 is 32.9. The lowest BCUT2D eigenvalue weighted by Crippen LogP contribution is -2.21. The highest BCUT2D eigenvalue weighted by Gasteiger charge is 2.21. The summed E-state index contributed by atoms with van der Waals surface area (Å²) in [6, 6.07) is 7.96. The summed E-state index contributed by atoms with van der Waals surface area (Å²) in [6.45, 7) is 1.15. The van der Waals surface area contributed by atoms with Gasteiger partial charge < -0.3 is 9.84 Å². The highest BCUT2D eigenvalue weighted by molar-refractivity contribution is 6.07. The predicted octanol–water partition coefficient (Wildman–Crippen LogP) is 3.08. The van der Waals surface area contributed by atoms with Gasteiger partial charge in [0.1, 0.15) is 23.5 Å². The first-order valence-electron chi connectivity index (χ1n) is 9.23. The maximum Gasteiger partial charge on any atom is 0.192 e. The summed E-state index contributed by atoms with van der Waals surface area (Å²) >= 11 is 0. The van der Waals surface area contributed by atoms with Gasteiger partial charge in [0, 0.05) is 24.7 Å². The third kappa shape index (κ3) is 4.33. The molecule has 1 fully saturated rings. The minimum absolute atomic E-state index is 0.00980. The van der Waals surface area contributed by atoms with Crippen molar-refractivity contribution in [3.8, 4) is 0 Å². The molecular weight excluding hydrogens is 394 g/mol. The molecular formula is C20H18F2N6O2. The largest absolute Gasteiger partial charge is 0.379 e. The fourth-order valence-electron chi connectivity index (χ4n) is 2.89. The number of hydroxylamine groups is 1. The van der Waals surface area contributed by atoms with Crippen molar-refractivity contribution in [2.45, 2.75) is 13.0 Å². The normalized spacial score (nSPS) is 14.2. The Morgan fingerprint density at radius 1 is 1.23 bits per heavy atom. The lowest BCUT2D eigenvalue weighted by molar-refractivity contribution is 0.164.